The summed E-state index contributed by atoms with van der Waals surface area (Å²) in [5.41, 5.74) is 5.81. The molecule has 1 aliphatic carbocycles. The molecule has 11 nitrogen and oxygen atoms in total. The molecule has 2 unspecified atom stereocenters. The zero-order valence-electron chi connectivity index (χ0n) is 32.2. The van der Waals surface area contributed by atoms with Gasteiger partial charge in [0.15, 0.2) is 0 Å². The summed E-state index contributed by atoms with van der Waals surface area (Å²) in [5.74, 6) is -1.11. The lowest BCUT2D eigenvalue weighted by Gasteiger charge is -2.27. The number of hydrogen-bond acceptors (Lipinski definition) is 12. The van der Waals surface area contributed by atoms with Crippen LogP contribution in [0.15, 0.2) is 81.2 Å². The highest BCUT2D eigenvalue weighted by atomic mass is 32.2. The minimum atomic E-state index is -1.19. The van der Waals surface area contributed by atoms with Crippen molar-refractivity contribution < 1.29 is 24.3 Å². The van der Waals surface area contributed by atoms with Gasteiger partial charge >= 0.3 is 12.1 Å². The molecule has 2 fully saturated rings. The molecule has 59 heavy (non-hydrogen) atoms. The number of benzene rings is 3. The van der Waals surface area contributed by atoms with E-state index < -0.39 is 18.1 Å². The van der Waals surface area contributed by atoms with E-state index in [1.807, 2.05) is 19.9 Å². The summed E-state index contributed by atoms with van der Waals surface area (Å²) in [7, 11) is 0. The van der Waals surface area contributed by atoms with Gasteiger partial charge in [0.25, 0.3) is 17.0 Å². The number of anilines is 2. The first kappa shape index (κ1) is 42.0. The monoisotopic (exact) mass is 882 g/mol. The van der Waals surface area contributed by atoms with E-state index in [0.29, 0.717) is 36.9 Å². The van der Waals surface area contributed by atoms with E-state index >= 15 is 0 Å². The molecule has 8 rings (SSSR count). The SMILES string of the molecule is CCN1C(=O)/C(=c2\s/c(=c3/s/c(=C\c4ccc5c(c4)C4CCCC4N5c4ccc(C=Cc5ccc(SC)cc5)cc4)c(=O)n3CC(=O)O)c(=O)n2CC)SC1=S.O=C=O. The van der Waals surface area contributed by atoms with Crippen molar-refractivity contribution in [3.63, 3.8) is 0 Å². The molecule has 0 bridgehead atoms. The third kappa shape index (κ3) is 8.25. The Morgan fingerprint density at radius 1 is 0.881 bits per heavy atom. The number of nitrogens with zero attached hydrogens (tertiary/aromatic N) is 4. The molecule has 3 aliphatic rings. The van der Waals surface area contributed by atoms with Crippen LogP contribution in [0.3, 0.4) is 0 Å². The second kappa shape index (κ2) is 18.0. The zero-order valence-corrected chi connectivity index (χ0v) is 36.3. The molecule has 0 spiro atoms. The van der Waals surface area contributed by atoms with Gasteiger partial charge in [-0.1, -0.05) is 72.9 Å². The number of carbonyl (C=O) groups is 2. The highest BCUT2D eigenvalue weighted by molar-refractivity contribution is 8.30. The van der Waals surface area contributed by atoms with Gasteiger partial charge in [0.1, 0.15) is 29.6 Å². The Labute approximate surface area is 360 Å². The molecule has 2 atom stereocenters. The van der Waals surface area contributed by atoms with Crippen molar-refractivity contribution in [3.05, 3.63) is 128 Å². The van der Waals surface area contributed by atoms with Gasteiger partial charge < -0.3 is 10.0 Å². The number of hydrogen-bond donors (Lipinski definition) is 1. The Bertz CT molecular complexity index is 2890. The third-order valence-corrected chi connectivity index (χ3v) is 15.3. The zero-order chi connectivity index (χ0) is 42.0. The van der Waals surface area contributed by atoms with Crippen LogP contribution in [0.5, 0.6) is 0 Å². The summed E-state index contributed by atoms with van der Waals surface area (Å²) in [6.07, 6.45) is 11.7. The molecule has 2 aliphatic heterocycles. The van der Waals surface area contributed by atoms with Crippen LogP contribution in [-0.2, 0) is 32.3 Å². The van der Waals surface area contributed by atoms with E-state index in [4.69, 9.17) is 21.8 Å². The highest BCUT2D eigenvalue weighted by Gasteiger charge is 2.42. The van der Waals surface area contributed by atoms with Crippen molar-refractivity contribution in [2.75, 3.05) is 17.7 Å². The molecule has 2 aromatic heterocycles. The number of carbonyl (C=O) groups excluding carboxylic acids is 3. The summed E-state index contributed by atoms with van der Waals surface area (Å²) < 4.78 is 4.34. The Morgan fingerprint density at radius 2 is 1.54 bits per heavy atom. The number of aromatic nitrogens is 2. The fourth-order valence-electron chi connectivity index (χ4n) is 7.87. The normalized spacial score (nSPS) is 18.9. The lowest BCUT2D eigenvalue weighted by molar-refractivity contribution is -0.191. The van der Waals surface area contributed by atoms with E-state index in [1.165, 1.54) is 19.9 Å². The molecule has 4 heterocycles. The van der Waals surface area contributed by atoms with Crippen LogP contribution in [0.4, 0.5) is 11.4 Å². The Morgan fingerprint density at radius 3 is 2.15 bits per heavy atom. The van der Waals surface area contributed by atoms with E-state index in [2.05, 4.69) is 84.0 Å². The second-order valence-corrected chi connectivity index (χ2v) is 18.4. The van der Waals surface area contributed by atoms with Gasteiger partial charge in [-0.3, -0.25) is 33.2 Å². The van der Waals surface area contributed by atoms with E-state index in [0.717, 1.165) is 86.3 Å². The number of amides is 1. The molecule has 3 aromatic carbocycles. The number of thiazole rings is 2. The van der Waals surface area contributed by atoms with Crippen LogP contribution in [0.25, 0.3) is 23.1 Å². The van der Waals surface area contributed by atoms with E-state index in [9.17, 15) is 24.3 Å². The summed E-state index contributed by atoms with van der Waals surface area (Å²) in [5, 5.41) is 9.82. The molecule has 302 valence electrons. The summed E-state index contributed by atoms with van der Waals surface area (Å²) in [4.78, 5) is 74.8. The van der Waals surface area contributed by atoms with Gasteiger partial charge in [0.2, 0.25) is 0 Å². The molecule has 1 amide bonds. The van der Waals surface area contributed by atoms with Crippen LogP contribution in [-0.4, -0.2) is 60.3 Å². The van der Waals surface area contributed by atoms with Crippen LogP contribution in [0.2, 0.25) is 0 Å². The van der Waals surface area contributed by atoms with Crippen LogP contribution in [0, 0.1) is 9.20 Å². The van der Waals surface area contributed by atoms with Gasteiger partial charge in [0.05, 0.1) is 4.53 Å². The Hall–Kier alpha value is -5.09. The van der Waals surface area contributed by atoms with E-state index in [-0.39, 0.29) is 33.4 Å². The summed E-state index contributed by atoms with van der Waals surface area (Å²) in [6.45, 7) is 3.75. The number of carboxylic acids is 1. The van der Waals surface area contributed by atoms with Crippen molar-refractivity contribution in [1.29, 1.82) is 0 Å². The topological polar surface area (TPSA) is 139 Å². The fraction of sp³-hybridized carbons (Fsp3) is 0.256. The third-order valence-electron chi connectivity index (χ3n) is 10.5. The van der Waals surface area contributed by atoms with Gasteiger partial charge in [-0.05, 0) is 97.7 Å². The maximum atomic E-state index is 13.9. The molecule has 16 heteroatoms. The first-order chi connectivity index (χ1) is 28.5. The smallest absolute Gasteiger partial charge is 0.373 e. The van der Waals surface area contributed by atoms with Crippen LogP contribution in [0.1, 0.15) is 61.3 Å². The lowest BCUT2D eigenvalue weighted by Crippen LogP contribution is -2.31. The van der Waals surface area contributed by atoms with Gasteiger partial charge in [-0.15, -0.1) is 34.4 Å². The van der Waals surface area contributed by atoms with Crippen molar-refractivity contribution >= 4 is 115 Å². The molecular formula is C43H38N4O7S5. The maximum absolute atomic E-state index is 13.9. The van der Waals surface area contributed by atoms with E-state index in [1.54, 1.807) is 17.8 Å². The largest absolute Gasteiger partial charge is 0.480 e. The average molecular weight is 883 g/mol. The number of carboxylic acid groups (broad SMARTS) is 1. The van der Waals surface area contributed by atoms with Crippen LogP contribution < -0.4 is 25.2 Å². The molecule has 1 saturated carbocycles. The van der Waals surface area contributed by atoms with Crippen molar-refractivity contribution in [2.24, 2.45) is 0 Å². The molecule has 5 aromatic rings. The summed E-state index contributed by atoms with van der Waals surface area (Å²) in [6, 6.07) is 23.9. The number of thiocarbonyl (C=S) groups is 1. The second-order valence-electron chi connectivity index (χ2n) is 13.8. The highest BCUT2D eigenvalue weighted by Crippen LogP contribution is 2.52. The minimum Gasteiger partial charge on any atom is -0.480 e. The number of fused-ring (bicyclic) bond motifs is 3. The fourth-order valence-corrected chi connectivity index (χ4v) is 12.3. The van der Waals surface area contributed by atoms with Crippen molar-refractivity contribution in [1.82, 2.24) is 14.0 Å². The molecule has 0 radical (unpaired) electrons. The average Bonchev–Trinajstić information content (AvgIpc) is 4.03. The standard InChI is InChI=1S/C42H38N4O5S5.CO2/c1-4-43-38(50)35(55-40(43)36-39(51)44(5-2)42(52)56-36)41-45(23-34(47)48)37(49)33(54-41)22-26-15-20-32-30(21-26)29-7-6-8-31(29)46(32)27-16-11-24(12-17-27)9-10-25-13-18-28(53-3)19-14-25;2-1-3/h9-22,29,31H,4-8,23H2,1-3H3,(H,47,48);/b10-9?,33-22-,40-36+,41-35+;. The first-order valence-corrected chi connectivity index (χ1v) is 22.9. The van der Waals surface area contributed by atoms with Crippen molar-refractivity contribution in [2.45, 2.75) is 63.1 Å². The summed E-state index contributed by atoms with van der Waals surface area (Å²) >= 11 is 10.5. The van der Waals surface area contributed by atoms with Gasteiger partial charge in [-0.2, -0.15) is 9.59 Å². The number of aliphatic carboxylic acids is 1. The van der Waals surface area contributed by atoms with Gasteiger partial charge in [0, 0.05) is 41.3 Å². The lowest BCUT2D eigenvalue weighted by atomic mass is 9.96. The Kier molecular flexibility index (Phi) is 12.9. The molecular weight excluding hydrogens is 845 g/mol. The molecule has 1 N–H and O–H groups in total. The molecule has 1 saturated heterocycles. The predicted octanol–water partition coefficient (Wildman–Crippen LogP) is 6.44. The minimum absolute atomic E-state index is 0.219. The van der Waals surface area contributed by atoms with Crippen molar-refractivity contribution in [3.8, 4) is 0 Å². The van der Waals surface area contributed by atoms with Gasteiger partial charge in [-0.25, -0.2) is 0 Å². The quantitative estimate of drug-likeness (QED) is 0.0995. The number of rotatable bonds is 9. The maximum Gasteiger partial charge on any atom is 0.373 e. The van der Waals surface area contributed by atoms with Crippen LogP contribution >= 0.6 is 58.4 Å². The first-order valence-electron chi connectivity index (χ1n) is 18.8. The number of thioether (sulfide) groups is 2. The predicted molar refractivity (Wildman–Crippen MR) is 240 cm³/mol. The Balaban J connectivity index is 0.00000171.